The number of nitrogen functional groups attached to an aromatic ring is 1. The molecule has 15 heteroatoms. The minimum absolute atomic E-state index is 0.148. The summed E-state index contributed by atoms with van der Waals surface area (Å²) in [6.45, 7) is 2.21. The lowest BCUT2D eigenvalue weighted by atomic mass is 9.99. The van der Waals surface area contributed by atoms with Crippen molar-refractivity contribution < 1.29 is 47.3 Å². The van der Waals surface area contributed by atoms with E-state index in [-0.39, 0.29) is 37.3 Å². The van der Waals surface area contributed by atoms with Gasteiger partial charge in [0.1, 0.15) is 6.54 Å². The van der Waals surface area contributed by atoms with Crippen LogP contribution in [0.3, 0.4) is 0 Å². The number of alkyl halides is 3. The quantitative estimate of drug-likeness (QED) is 0.177. The number of benzene rings is 3. The van der Waals surface area contributed by atoms with E-state index in [1.807, 2.05) is 49.4 Å². The fraction of sp³-hybridized carbons (Fsp3) is 0.257. The maximum absolute atomic E-state index is 14.2. The van der Waals surface area contributed by atoms with Crippen LogP contribution in [0.15, 0.2) is 84.9 Å². The van der Waals surface area contributed by atoms with Gasteiger partial charge in [0.25, 0.3) is 5.91 Å². The van der Waals surface area contributed by atoms with Crippen molar-refractivity contribution in [2.75, 3.05) is 23.8 Å². The summed E-state index contributed by atoms with van der Waals surface area (Å²) in [6, 6.07) is 24.9. The van der Waals surface area contributed by atoms with Crippen LogP contribution >= 0.6 is 0 Å². The Hall–Kier alpha value is -5.99. The number of carboxylic acids is 2. The van der Waals surface area contributed by atoms with Crippen molar-refractivity contribution in [2.24, 2.45) is 0 Å². The zero-order valence-corrected chi connectivity index (χ0v) is 26.8. The number of ether oxygens (including phenoxy) is 1. The highest BCUT2D eigenvalue weighted by molar-refractivity contribution is 6.10. The Morgan fingerprint density at radius 1 is 0.940 bits per heavy atom. The molecule has 1 aromatic heterocycles. The third-order valence-corrected chi connectivity index (χ3v) is 7.51. The molecule has 50 heavy (non-hydrogen) atoms. The molecule has 1 aliphatic rings. The maximum Gasteiger partial charge on any atom is 0.490 e. The van der Waals surface area contributed by atoms with Crippen LogP contribution in [0.5, 0.6) is 5.88 Å². The average molecular weight is 694 g/mol. The summed E-state index contributed by atoms with van der Waals surface area (Å²) in [5, 5.41) is 16.9. The first kappa shape index (κ1) is 36.8. The molecule has 0 bridgehead atoms. The van der Waals surface area contributed by atoms with Crippen molar-refractivity contribution in [3.05, 3.63) is 113 Å². The molecule has 1 aliphatic heterocycles. The van der Waals surface area contributed by atoms with Crippen LogP contribution in [0, 0.1) is 6.92 Å². The Morgan fingerprint density at radius 3 is 2.18 bits per heavy atom. The van der Waals surface area contributed by atoms with Crippen LogP contribution in [0.1, 0.15) is 51.6 Å². The summed E-state index contributed by atoms with van der Waals surface area (Å²) in [5.74, 6) is -3.95. The van der Waals surface area contributed by atoms with Gasteiger partial charge in [0, 0.05) is 11.8 Å². The number of halogens is 3. The number of amides is 2. The van der Waals surface area contributed by atoms with Crippen LogP contribution in [-0.4, -0.2) is 68.2 Å². The third kappa shape index (κ3) is 10.0. The van der Waals surface area contributed by atoms with E-state index in [9.17, 15) is 32.7 Å². The molecule has 0 saturated heterocycles. The lowest BCUT2D eigenvalue weighted by Gasteiger charge is -2.30. The van der Waals surface area contributed by atoms with Crippen LogP contribution in [-0.2, 0) is 27.3 Å². The van der Waals surface area contributed by atoms with E-state index in [2.05, 4.69) is 9.97 Å². The molecule has 4 aromatic rings. The predicted molar refractivity (Wildman–Crippen MR) is 175 cm³/mol. The molecule has 0 aliphatic carbocycles. The van der Waals surface area contributed by atoms with Gasteiger partial charge >= 0.3 is 18.1 Å². The number of nitrogens with two attached hydrogens (primary N) is 1. The molecule has 1 atom stereocenters. The van der Waals surface area contributed by atoms with Gasteiger partial charge in [-0.25, -0.2) is 9.78 Å². The van der Waals surface area contributed by atoms with Crippen molar-refractivity contribution >= 4 is 35.4 Å². The van der Waals surface area contributed by atoms with E-state index >= 15 is 0 Å². The zero-order valence-electron chi connectivity index (χ0n) is 26.8. The molecular weight excluding hydrogens is 659 g/mol. The van der Waals surface area contributed by atoms with Crippen LogP contribution in [0.2, 0.25) is 0 Å². The molecule has 0 spiro atoms. The molecule has 4 N–H and O–H groups in total. The van der Waals surface area contributed by atoms with Gasteiger partial charge in [0.15, 0.2) is 0 Å². The first-order valence-corrected chi connectivity index (χ1v) is 15.3. The van der Waals surface area contributed by atoms with Gasteiger partial charge < -0.3 is 30.5 Å². The Morgan fingerprint density at radius 2 is 1.58 bits per heavy atom. The zero-order chi connectivity index (χ0) is 36.4. The Labute approximate surface area is 284 Å². The van der Waals surface area contributed by atoms with Gasteiger partial charge in [-0.2, -0.15) is 18.2 Å². The number of nitrogens with zero attached hydrogens (tertiary/aromatic N) is 4. The number of rotatable bonds is 11. The highest BCUT2D eigenvalue weighted by Gasteiger charge is 2.38. The van der Waals surface area contributed by atoms with Crippen molar-refractivity contribution in [3.63, 3.8) is 0 Å². The summed E-state index contributed by atoms with van der Waals surface area (Å²) >= 11 is 0. The summed E-state index contributed by atoms with van der Waals surface area (Å²) in [7, 11) is 0. The second-order valence-electron chi connectivity index (χ2n) is 11.2. The molecule has 0 saturated carbocycles. The van der Waals surface area contributed by atoms with Gasteiger partial charge in [-0.1, -0.05) is 66.7 Å². The SMILES string of the molecule is Cc1cc(OCCCc2ccc3c(c2)C(=O)N(C(CC(=O)O)c2ccccc2)CC(=O)N3Cc2ccccc2)nc(N)n1.O=C(O)C(F)(F)F. The number of anilines is 2. The Balaban J connectivity index is 0.000000727. The smallest absolute Gasteiger partial charge is 0.481 e. The molecule has 5 rings (SSSR count). The Kier molecular flexibility index (Phi) is 12.1. The summed E-state index contributed by atoms with van der Waals surface area (Å²) < 4.78 is 37.5. The molecular formula is C35H34F3N5O7. The van der Waals surface area contributed by atoms with E-state index in [1.54, 1.807) is 47.4 Å². The molecule has 12 nitrogen and oxygen atoms in total. The topological polar surface area (TPSA) is 176 Å². The number of carboxylic acid groups (broad SMARTS) is 2. The summed E-state index contributed by atoms with van der Waals surface area (Å²) in [6.07, 6.45) is -4.18. The lowest BCUT2D eigenvalue weighted by molar-refractivity contribution is -0.192. The van der Waals surface area contributed by atoms with E-state index < -0.39 is 24.2 Å². The number of hydrogen-bond acceptors (Lipinski definition) is 8. The average Bonchev–Trinajstić information content (AvgIpc) is 3.16. The van der Waals surface area contributed by atoms with Crippen LogP contribution in [0.4, 0.5) is 24.8 Å². The van der Waals surface area contributed by atoms with Gasteiger partial charge in [-0.15, -0.1) is 0 Å². The third-order valence-electron chi connectivity index (χ3n) is 7.51. The van der Waals surface area contributed by atoms with E-state index in [1.165, 1.54) is 4.90 Å². The van der Waals surface area contributed by atoms with Gasteiger partial charge in [-0.05, 0) is 48.6 Å². The normalized spacial score (nSPS) is 13.4. The lowest BCUT2D eigenvalue weighted by Crippen LogP contribution is -2.41. The van der Waals surface area contributed by atoms with Crippen molar-refractivity contribution in [2.45, 2.75) is 44.9 Å². The van der Waals surface area contributed by atoms with E-state index in [0.29, 0.717) is 47.8 Å². The van der Waals surface area contributed by atoms with Crippen molar-refractivity contribution in [3.8, 4) is 5.88 Å². The Bertz CT molecular complexity index is 1800. The fourth-order valence-corrected chi connectivity index (χ4v) is 5.27. The summed E-state index contributed by atoms with van der Waals surface area (Å²) in [4.78, 5) is 60.0. The van der Waals surface area contributed by atoms with E-state index in [4.69, 9.17) is 20.4 Å². The van der Waals surface area contributed by atoms with Crippen LogP contribution in [0.25, 0.3) is 0 Å². The number of aliphatic carboxylic acids is 2. The van der Waals surface area contributed by atoms with Gasteiger partial charge in [0.05, 0.1) is 36.9 Å². The summed E-state index contributed by atoms with van der Waals surface area (Å²) in [5.41, 5.74) is 9.72. The number of carbonyl (C=O) groups excluding carboxylic acids is 2. The number of hydrogen-bond donors (Lipinski definition) is 3. The standard InChI is InChI=1S/C33H33N5O5.C2HF3O2/c1-22-17-29(36-33(34)35-22)43-16-8-11-23-14-15-27-26(18-23)32(42)38(28(19-31(40)41)25-12-6-3-7-13-25)21-30(39)37(27)20-24-9-4-2-5-10-24;3-2(4,5)1(6)7/h2-7,9-10,12-15,17-18,28H,8,11,16,19-21H2,1H3,(H,40,41)(H2,34,35,36);(H,6,7). The molecule has 0 radical (unpaired) electrons. The predicted octanol–water partition coefficient (Wildman–Crippen LogP) is 5.22. The van der Waals surface area contributed by atoms with Gasteiger partial charge in [-0.3, -0.25) is 14.4 Å². The van der Waals surface area contributed by atoms with Crippen molar-refractivity contribution in [1.29, 1.82) is 0 Å². The van der Waals surface area contributed by atoms with Crippen molar-refractivity contribution in [1.82, 2.24) is 14.9 Å². The number of carbonyl (C=O) groups is 4. The largest absolute Gasteiger partial charge is 0.490 e. The molecule has 3 aromatic carbocycles. The number of aryl methyl sites for hydroxylation is 2. The molecule has 0 fully saturated rings. The first-order chi connectivity index (χ1) is 23.7. The van der Waals surface area contributed by atoms with E-state index in [0.717, 1.165) is 11.1 Å². The molecule has 1 unspecified atom stereocenters. The second-order valence-corrected chi connectivity index (χ2v) is 11.2. The highest BCUT2D eigenvalue weighted by atomic mass is 19.4. The first-order valence-electron chi connectivity index (χ1n) is 15.3. The second kappa shape index (κ2) is 16.4. The maximum atomic E-state index is 14.2. The minimum atomic E-state index is -5.08. The van der Waals surface area contributed by atoms with Gasteiger partial charge in [0.2, 0.25) is 17.7 Å². The van der Waals surface area contributed by atoms with Crippen LogP contribution < -0.4 is 15.4 Å². The molecule has 2 amide bonds. The highest BCUT2D eigenvalue weighted by Crippen LogP contribution is 2.34. The molecule has 2 heterocycles. The number of fused-ring (bicyclic) bond motifs is 1. The monoisotopic (exact) mass is 693 g/mol. The minimum Gasteiger partial charge on any atom is -0.481 e. The molecule has 262 valence electrons. The fourth-order valence-electron chi connectivity index (χ4n) is 5.27. The number of aromatic nitrogens is 2.